The van der Waals surface area contributed by atoms with Gasteiger partial charge in [0.15, 0.2) is 0 Å². The van der Waals surface area contributed by atoms with Crippen LogP contribution in [0.2, 0.25) is 0 Å². The van der Waals surface area contributed by atoms with Gasteiger partial charge in [0, 0.05) is 19.5 Å². The number of likely N-dealkylation sites (N-methyl/N-ethyl adjacent to an activating group) is 1. The van der Waals surface area contributed by atoms with Crippen LogP contribution in [0.15, 0.2) is 36.4 Å². The van der Waals surface area contributed by atoms with E-state index in [4.69, 9.17) is 0 Å². The monoisotopic (exact) mass is 446 g/mol. The van der Waals surface area contributed by atoms with E-state index in [-0.39, 0.29) is 18.4 Å². The Kier molecular flexibility index (Phi) is 5.22. The molecule has 7 nitrogen and oxygen atoms in total. The second-order valence-electron chi connectivity index (χ2n) is 9.04. The van der Waals surface area contributed by atoms with Crippen LogP contribution in [0.5, 0.6) is 0 Å². The quantitative estimate of drug-likeness (QED) is 0.687. The molecule has 5 rings (SSSR count). The summed E-state index contributed by atoms with van der Waals surface area (Å²) in [5, 5.41) is 15.6. The molecule has 2 aromatic carbocycles. The molecule has 8 heteroatoms. The van der Waals surface area contributed by atoms with Gasteiger partial charge in [0.25, 0.3) is 11.7 Å². The van der Waals surface area contributed by atoms with Crippen LogP contribution in [-0.2, 0) is 16.0 Å². The van der Waals surface area contributed by atoms with E-state index in [1.807, 2.05) is 0 Å². The van der Waals surface area contributed by atoms with Crippen molar-refractivity contribution in [2.45, 2.75) is 43.8 Å². The number of carbonyl (C=O) groups excluding carboxylic acids is 3. The highest BCUT2D eigenvalue weighted by Crippen LogP contribution is 2.35. The van der Waals surface area contributed by atoms with Crippen LogP contribution in [0.25, 0.3) is 11.1 Å². The number of hydrogen-bond acceptors (Lipinski definition) is 5. The number of nitriles is 1. The molecular weight excluding hydrogens is 423 g/mol. The van der Waals surface area contributed by atoms with Gasteiger partial charge in [0.05, 0.1) is 23.4 Å². The largest absolute Gasteiger partial charge is 0.339 e. The minimum Gasteiger partial charge on any atom is -0.339 e. The highest BCUT2D eigenvalue weighted by molar-refractivity contribution is 6.52. The fraction of sp³-hybridized carbons (Fsp3) is 0.360. The Morgan fingerprint density at radius 3 is 2.67 bits per heavy atom. The zero-order valence-corrected chi connectivity index (χ0v) is 18.1. The van der Waals surface area contributed by atoms with Crippen LogP contribution < -0.4 is 15.5 Å². The maximum absolute atomic E-state index is 14.9. The molecule has 33 heavy (non-hydrogen) atoms. The minimum atomic E-state index is -0.829. The normalized spacial score (nSPS) is 24.0. The summed E-state index contributed by atoms with van der Waals surface area (Å²) in [6.45, 7) is 0. The van der Waals surface area contributed by atoms with Crippen molar-refractivity contribution in [1.29, 1.82) is 5.26 Å². The standard InChI is InChI=1S/C25H23FN4O3/c1-30-21-11-14(5-7-19(21)23(31)25(30)33)13-2-3-15(20(26)10-13)8-18(12-27)29-24(32)22-16-4-6-17(9-16)28-22/h2-3,5,7,10-11,16-18,22,28H,4,6,8-9H2,1H3,(H,29,32)/t16-,17?,18-,22-/m0/s1. The van der Waals surface area contributed by atoms with Crippen molar-refractivity contribution < 1.29 is 18.8 Å². The highest BCUT2D eigenvalue weighted by Gasteiger charge is 2.43. The first-order valence-electron chi connectivity index (χ1n) is 11.1. The van der Waals surface area contributed by atoms with E-state index in [0.29, 0.717) is 39.9 Å². The molecule has 2 amide bonds. The highest BCUT2D eigenvalue weighted by atomic mass is 19.1. The van der Waals surface area contributed by atoms with Crippen molar-refractivity contribution in [3.63, 3.8) is 0 Å². The van der Waals surface area contributed by atoms with Gasteiger partial charge in [-0.25, -0.2) is 4.39 Å². The van der Waals surface area contributed by atoms with Crippen molar-refractivity contribution in [3.8, 4) is 17.2 Å². The van der Waals surface area contributed by atoms with Gasteiger partial charge < -0.3 is 15.5 Å². The summed E-state index contributed by atoms with van der Waals surface area (Å²) in [7, 11) is 1.53. The number of nitrogens with one attached hydrogen (secondary N) is 2. The van der Waals surface area contributed by atoms with Gasteiger partial charge in [-0.1, -0.05) is 18.2 Å². The van der Waals surface area contributed by atoms with Crippen molar-refractivity contribution in [2.75, 3.05) is 11.9 Å². The molecule has 3 aliphatic rings. The molecule has 2 N–H and O–H groups in total. The predicted molar refractivity (Wildman–Crippen MR) is 119 cm³/mol. The fourth-order valence-electron chi connectivity index (χ4n) is 5.21. The zero-order chi connectivity index (χ0) is 23.3. The van der Waals surface area contributed by atoms with Crippen molar-refractivity contribution in [1.82, 2.24) is 10.6 Å². The van der Waals surface area contributed by atoms with Crippen LogP contribution in [-0.4, -0.2) is 42.8 Å². The van der Waals surface area contributed by atoms with Crippen molar-refractivity contribution >= 4 is 23.3 Å². The second kappa shape index (κ2) is 8.09. The number of rotatable bonds is 5. The number of fused-ring (bicyclic) bond motifs is 3. The topological polar surface area (TPSA) is 102 Å². The van der Waals surface area contributed by atoms with Gasteiger partial charge in [0.2, 0.25) is 5.91 Å². The van der Waals surface area contributed by atoms with Crippen LogP contribution in [0, 0.1) is 23.1 Å². The molecule has 0 aromatic heterocycles. The Labute approximate surface area is 190 Å². The number of benzene rings is 2. The number of anilines is 1. The van der Waals surface area contributed by atoms with E-state index in [1.54, 1.807) is 30.3 Å². The second-order valence-corrected chi connectivity index (χ2v) is 9.04. The third kappa shape index (κ3) is 3.68. The van der Waals surface area contributed by atoms with E-state index in [9.17, 15) is 24.0 Å². The van der Waals surface area contributed by atoms with Gasteiger partial charge in [-0.15, -0.1) is 0 Å². The van der Waals surface area contributed by atoms with Gasteiger partial charge >= 0.3 is 0 Å². The third-order valence-corrected chi connectivity index (χ3v) is 7.03. The Morgan fingerprint density at radius 2 is 2.00 bits per heavy atom. The van der Waals surface area contributed by atoms with E-state index in [2.05, 4.69) is 16.7 Å². The van der Waals surface area contributed by atoms with E-state index in [1.165, 1.54) is 18.0 Å². The molecule has 2 bridgehead atoms. The molecule has 1 saturated heterocycles. The lowest BCUT2D eigenvalue weighted by Gasteiger charge is -2.23. The summed E-state index contributed by atoms with van der Waals surface area (Å²) >= 11 is 0. The molecule has 1 unspecified atom stereocenters. The van der Waals surface area contributed by atoms with E-state index < -0.39 is 23.5 Å². The lowest BCUT2D eigenvalue weighted by Crippen LogP contribution is -2.50. The number of hydrogen-bond donors (Lipinski definition) is 2. The molecule has 0 spiro atoms. The fourth-order valence-corrected chi connectivity index (χ4v) is 5.21. The van der Waals surface area contributed by atoms with Crippen LogP contribution in [0.4, 0.5) is 10.1 Å². The number of ketones is 1. The first kappa shape index (κ1) is 21.3. The van der Waals surface area contributed by atoms with Gasteiger partial charge in [-0.2, -0.15) is 5.26 Å². The SMILES string of the molecule is CN1C(=O)C(=O)c2ccc(-c3ccc(C[C@@H](C#N)NC(=O)[C@H]4NC5CC[C@H]4C5)c(F)c3)cc21. The molecule has 2 fully saturated rings. The Hall–Kier alpha value is -3.57. The average molecular weight is 446 g/mol. The molecule has 2 heterocycles. The molecule has 0 radical (unpaired) electrons. The molecule has 4 atom stereocenters. The van der Waals surface area contributed by atoms with Crippen LogP contribution >= 0.6 is 0 Å². The number of nitrogens with zero attached hydrogens (tertiary/aromatic N) is 2. The first-order valence-corrected chi connectivity index (χ1v) is 11.1. The number of halogens is 1. The van der Waals surface area contributed by atoms with Gasteiger partial charge in [-0.05, 0) is 60.1 Å². The first-order chi connectivity index (χ1) is 15.9. The Balaban J connectivity index is 1.30. The maximum Gasteiger partial charge on any atom is 0.299 e. The molecule has 168 valence electrons. The lowest BCUT2D eigenvalue weighted by molar-refractivity contribution is -0.124. The van der Waals surface area contributed by atoms with Crippen molar-refractivity contribution in [3.05, 3.63) is 53.3 Å². The molecule has 1 saturated carbocycles. The smallest absolute Gasteiger partial charge is 0.299 e. The Morgan fingerprint density at radius 1 is 1.24 bits per heavy atom. The van der Waals surface area contributed by atoms with Crippen molar-refractivity contribution in [2.24, 2.45) is 5.92 Å². The van der Waals surface area contributed by atoms with Gasteiger partial charge in [-0.3, -0.25) is 14.4 Å². The molecule has 1 aliphatic carbocycles. The summed E-state index contributed by atoms with van der Waals surface area (Å²) in [5.74, 6) is -1.51. The number of Topliss-reactive ketones (excluding diaryl/α,β-unsaturated/α-hetero) is 1. The summed E-state index contributed by atoms with van der Waals surface area (Å²) < 4.78 is 14.9. The summed E-state index contributed by atoms with van der Waals surface area (Å²) in [6.07, 6.45) is 3.15. The van der Waals surface area contributed by atoms with E-state index in [0.717, 1.165) is 19.3 Å². The number of carbonyl (C=O) groups is 3. The Bertz CT molecular complexity index is 1220. The molecular formula is C25H23FN4O3. The predicted octanol–water partition coefficient (Wildman–Crippen LogP) is 2.34. The zero-order valence-electron chi connectivity index (χ0n) is 18.1. The average Bonchev–Trinajstić information content (AvgIpc) is 3.51. The number of piperidine rings is 1. The van der Waals surface area contributed by atoms with E-state index >= 15 is 0 Å². The summed E-state index contributed by atoms with van der Waals surface area (Å²) in [4.78, 5) is 37.8. The van der Waals surface area contributed by atoms with Crippen LogP contribution in [0.3, 0.4) is 0 Å². The van der Waals surface area contributed by atoms with Gasteiger partial charge in [0.1, 0.15) is 11.9 Å². The molecule has 2 aliphatic heterocycles. The summed E-state index contributed by atoms with van der Waals surface area (Å²) in [6, 6.07) is 11.0. The maximum atomic E-state index is 14.9. The minimum absolute atomic E-state index is 0.0606. The van der Waals surface area contributed by atoms with Crippen LogP contribution in [0.1, 0.15) is 35.2 Å². The third-order valence-electron chi connectivity index (χ3n) is 7.03. The lowest BCUT2D eigenvalue weighted by atomic mass is 9.97. The molecule has 2 aromatic rings. The number of amides is 2. The summed E-state index contributed by atoms with van der Waals surface area (Å²) in [5.41, 5.74) is 2.41.